The van der Waals surface area contributed by atoms with Crippen LogP contribution in [0.15, 0.2) is 24.5 Å². The van der Waals surface area contributed by atoms with E-state index in [0.717, 1.165) is 11.4 Å². The van der Waals surface area contributed by atoms with Crippen LogP contribution < -0.4 is 4.57 Å². The second kappa shape index (κ2) is 4.28. The molecule has 0 radical (unpaired) electrons. The summed E-state index contributed by atoms with van der Waals surface area (Å²) in [6.07, 6.45) is 4.10. The number of aryl methyl sites for hydroxylation is 5. The molecule has 0 atom stereocenters. The van der Waals surface area contributed by atoms with Gasteiger partial charge in [0.1, 0.15) is 12.7 Å². The maximum absolute atomic E-state index is 4.52. The Hall–Kier alpha value is -1.70. The zero-order chi connectivity index (χ0) is 12.6. The quantitative estimate of drug-likeness (QED) is 0.685. The van der Waals surface area contributed by atoms with Crippen LogP contribution in [0, 0.1) is 27.7 Å². The molecule has 0 aliphatic carbocycles. The first-order valence-electron chi connectivity index (χ1n) is 5.89. The van der Waals surface area contributed by atoms with Crippen molar-refractivity contribution in [2.45, 2.75) is 27.7 Å². The average Bonchev–Trinajstić information content (AvgIpc) is 2.27. The van der Waals surface area contributed by atoms with Gasteiger partial charge in [0.15, 0.2) is 6.20 Å². The van der Waals surface area contributed by atoms with Crippen molar-refractivity contribution in [3.8, 4) is 11.4 Å². The second-order valence-corrected chi connectivity index (χ2v) is 4.79. The minimum atomic E-state index is 1.04. The third kappa shape index (κ3) is 2.21. The topological polar surface area (TPSA) is 16.8 Å². The van der Waals surface area contributed by atoms with E-state index in [9.17, 15) is 0 Å². The van der Waals surface area contributed by atoms with Crippen LogP contribution in [0.3, 0.4) is 0 Å². The summed E-state index contributed by atoms with van der Waals surface area (Å²) in [5.74, 6) is 0. The molecular weight excluding hydrogens is 208 g/mol. The summed E-state index contributed by atoms with van der Waals surface area (Å²) < 4.78 is 2.14. The Morgan fingerprint density at radius 2 is 1.53 bits per heavy atom. The van der Waals surface area contributed by atoms with E-state index < -0.39 is 0 Å². The van der Waals surface area contributed by atoms with E-state index in [2.05, 4.69) is 62.6 Å². The molecule has 2 aromatic heterocycles. The summed E-state index contributed by atoms with van der Waals surface area (Å²) in [5, 5.41) is 0. The molecule has 0 fully saturated rings. The molecule has 17 heavy (non-hydrogen) atoms. The van der Waals surface area contributed by atoms with E-state index in [1.165, 1.54) is 22.3 Å². The SMILES string of the molecule is Cc1cnc(-c2cc(C)c(C)c[n+]2C)cc1C. The van der Waals surface area contributed by atoms with Crippen molar-refractivity contribution >= 4 is 0 Å². The number of pyridine rings is 2. The van der Waals surface area contributed by atoms with Crippen molar-refractivity contribution in [2.24, 2.45) is 7.05 Å². The maximum atomic E-state index is 4.52. The summed E-state index contributed by atoms with van der Waals surface area (Å²) in [6, 6.07) is 4.35. The van der Waals surface area contributed by atoms with E-state index in [4.69, 9.17) is 0 Å². The minimum absolute atomic E-state index is 1.04. The van der Waals surface area contributed by atoms with E-state index in [1.807, 2.05) is 6.20 Å². The maximum Gasteiger partial charge on any atom is 0.231 e. The molecule has 0 saturated carbocycles. The van der Waals surface area contributed by atoms with Gasteiger partial charge in [0.05, 0.1) is 0 Å². The zero-order valence-electron chi connectivity index (χ0n) is 11.2. The largest absolute Gasteiger partial charge is 0.250 e. The highest BCUT2D eigenvalue weighted by atomic mass is 14.9. The number of aromatic nitrogens is 2. The van der Waals surface area contributed by atoms with Crippen molar-refractivity contribution < 1.29 is 4.57 Å². The smallest absolute Gasteiger partial charge is 0.231 e. The predicted molar refractivity (Wildman–Crippen MR) is 69.8 cm³/mol. The highest BCUT2D eigenvalue weighted by Crippen LogP contribution is 2.18. The molecule has 0 unspecified atom stereocenters. The average molecular weight is 227 g/mol. The number of hydrogen-bond acceptors (Lipinski definition) is 1. The van der Waals surface area contributed by atoms with Gasteiger partial charge in [0.2, 0.25) is 5.69 Å². The highest BCUT2D eigenvalue weighted by molar-refractivity contribution is 5.53. The molecule has 88 valence electrons. The third-order valence-corrected chi connectivity index (χ3v) is 3.38. The lowest BCUT2D eigenvalue weighted by Crippen LogP contribution is -2.31. The molecule has 2 nitrogen and oxygen atoms in total. The normalized spacial score (nSPS) is 10.6. The Morgan fingerprint density at radius 1 is 0.882 bits per heavy atom. The van der Waals surface area contributed by atoms with Crippen molar-refractivity contribution in [2.75, 3.05) is 0 Å². The lowest BCUT2D eigenvalue weighted by Gasteiger charge is -2.05. The van der Waals surface area contributed by atoms with Gasteiger partial charge >= 0.3 is 0 Å². The molecule has 2 rings (SSSR count). The van der Waals surface area contributed by atoms with Crippen molar-refractivity contribution in [1.29, 1.82) is 0 Å². The lowest BCUT2D eigenvalue weighted by atomic mass is 10.1. The highest BCUT2D eigenvalue weighted by Gasteiger charge is 2.13. The fourth-order valence-corrected chi connectivity index (χ4v) is 1.90. The van der Waals surface area contributed by atoms with Gasteiger partial charge in [-0.25, -0.2) is 4.98 Å². The van der Waals surface area contributed by atoms with Crippen LogP contribution in [0.1, 0.15) is 22.3 Å². The second-order valence-electron chi connectivity index (χ2n) is 4.79. The van der Waals surface area contributed by atoms with Gasteiger partial charge in [-0.05, 0) is 50.5 Å². The molecule has 0 N–H and O–H groups in total. The van der Waals surface area contributed by atoms with Crippen LogP contribution in [0.4, 0.5) is 0 Å². The summed E-state index contributed by atoms with van der Waals surface area (Å²) in [4.78, 5) is 4.52. The van der Waals surface area contributed by atoms with Gasteiger partial charge in [-0.1, -0.05) is 0 Å². The Morgan fingerprint density at radius 3 is 2.18 bits per heavy atom. The molecule has 0 aromatic carbocycles. The van der Waals surface area contributed by atoms with E-state index >= 15 is 0 Å². The van der Waals surface area contributed by atoms with Gasteiger partial charge in [-0.15, -0.1) is 0 Å². The fourth-order valence-electron chi connectivity index (χ4n) is 1.90. The van der Waals surface area contributed by atoms with Crippen molar-refractivity contribution in [3.63, 3.8) is 0 Å². The Bertz CT molecular complexity index is 571. The summed E-state index contributed by atoms with van der Waals surface area (Å²) in [7, 11) is 2.07. The standard InChI is InChI=1S/C15H19N2/c1-10-6-14(16-8-12(10)3)15-7-11(2)13(4)9-17(15)5/h6-9H,1-5H3/q+1. The monoisotopic (exact) mass is 227 g/mol. The van der Waals surface area contributed by atoms with Gasteiger partial charge in [-0.3, -0.25) is 0 Å². The van der Waals surface area contributed by atoms with Crippen molar-refractivity contribution in [3.05, 3.63) is 46.8 Å². The van der Waals surface area contributed by atoms with Crippen LogP contribution in [0.5, 0.6) is 0 Å². The molecular formula is C15H19N2+. The molecule has 2 aromatic rings. The Labute approximate surface area is 103 Å². The molecule has 0 bridgehead atoms. The van der Waals surface area contributed by atoms with Gasteiger partial charge in [0, 0.05) is 17.8 Å². The minimum Gasteiger partial charge on any atom is -0.250 e. The fraction of sp³-hybridized carbons (Fsp3) is 0.333. The lowest BCUT2D eigenvalue weighted by molar-refractivity contribution is -0.660. The van der Waals surface area contributed by atoms with Crippen molar-refractivity contribution in [1.82, 2.24) is 4.98 Å². The van der Waals surface area contributed by atoms with Gasteiger partial charge in [0.25, 0.3) is 0 Å². The van der Waals surface area contributed by atoms with Gasteiger partial charge < -0.3 is 0 Å². The number of rotatable bonds is 1. The summed E-state index contributed by atoms with van der Waals surface area (Å²) in [6.45, 7) is 8.49. The van der Waals surface area contributed by atoms with E-state index in [0.29, 0.717) is 0 Å². The first-order chi connectivity index (χ1) is 7.99. The molecule has 2 heterocycles. The van der Waals surface area contributed by atoms with Crippen LogP contribution in [0.25, 0.3) is 11.4 Å². The van der Waals surface area contributed by atoms with E-state index in [1.54, 1.807) is 0 Å². The predicted octanol–water partition coefficient (Wildman–Crippen LogP) is 2.81. The van der Waals surface area contributed by atoms with Crippen LogP contribution in [-0.2, 0) is 7.05 Å². The molecule has 0 spiro atoms. The van der Waals surface area contributed by atoms with E-state index in [-0.39, 0.29) is 0 Å². The molecule has 2 heteroatoms. The van der Waals surface area contributed by atoms with Gasteiger partial charge in [-0.2, -0.15) is 4.57 Å². The number of nitrogens with zero attached hydrogens (tertiary/aromatic N) is 2. The molecule has 0 saturated heterocycles. The molecule has 0 aliphatic rings. The third-order valence-electron chi connectivity index (χ3n) is 3.38. The molecule has 0 aliphatic heterocycles. The summed E-state index contributed by atoms with van der Waals surface area (Å²) >= 11 is 0. The van der Waals surface area contributed by atoms with Crippen LogP contribution in [0.2, 0.25) is 0 Å². The zero-order valence-corrected chi connectivity index (χ0v) is 11.2. The first kappa shape index (κ1) is 11.8. The Balaban J connectivity index is 2.60. The first-order valence-corrected chi connectivity index (χ1v) is 5.89. The number of hydrogen-bond donors (Lipinski definition) is 0. The Kier molecular flexibility index (Phi) is 2.97. The van der Waals surface area contributed by atoms with Crippen LogP contribution in [-0.4, -0.2) is 4.98 Å². The summed E-state index contributed by atoms with van der Waals surface area (Å²) in [5.41, 5.74) is 7.33. The van der Waals surface area contributed by atoms with Crippen LogP contribution >= 0.6 is 0 Å². The molecule has 0 amide bonds.